The lowest BCUT2D eigenvalue weighted by atomic mass is 9.87. The van der Waals surface area contributed by atoms with E-state index in [1.807, 2.05) is 12.5 Å². The van der Waals surface area contributed by atoms with E-state index in [9.17, 15) is 0 Å². The van der Waals surface area contributed by atoms with Crippen molar-refractivity contribution >= 4 is 0 Å². The molecule has 4 rings (SSSR count). The highest BCUT2D eigenvalue weighted by Gasteiger charge is 2.33. The second kappa shape index (κ2) is 7.12. The Labute approximate surface area is 156 Å². The van der Waals surface area contributed by atoms with E-state index < -0.39 is 0 Å². The van der Waals surface area contributed by atoms with E-state index in [-0.39, 0.29) is 0 Å². The van der Waals surface area contributed by atoms with Gasteiger partial charge in [0.25, 0.3) is 0 Å². The molecule has 0 radical (unpaired) electrons. The number of aryl methyl sites for hydroxylation is 2. The molecule has 0 aromatic carbocycles. The molecule has 1 aliphatic heterocycles. The van der Waals surface area contributed by atoms with Crippen molar-refractivity contribution in [2.75, 3.05) is 27.2 Å². The Morgan fingerprint density at radius 3 is 2.69 bits per heavy atom. The van der Waals surface area contributed by atoms with Crippen molar-refractivity contribution in [1.82, 2.24) is 34.1 Å². The maximum Gasteiger partial charge on any atom is 0.147 e. The molecule has 0 spiro atoms. The van der Waals surface area contributed by atoms with E-state index in [0.29, 0.717) is 18.0 Å². The molecule has 0 bridgehead atoms. The third-order valence-corrected chi connectivity index (χ3v) is 5.97. The lowest BCUT2D eigenvalue weighted by Crippen LogP contribution is -2.41. The van der Waals surface area contributed by atoms with Crippen molar-refractivity contribution in [3.05, 3.63) is 29.9 Å². The van der Waals surface area contributed by atoms with Gasteiger partial charge in [-0.1, -0.05) is 0 Å². The van der Waals surface area contributed by atoms with Gasteiger partial charge in [-0.2, -0.15) is 0 Å². The Hall–Kier alpha value is -1.73. The molecule has 2 fully saturated rings. The molecule has 2 atom stereocenters. The van der Waals surface area contributed by atoms with Gasteiger partial charge in [0.05, 0.1) is 24.6 Å². The van der Waals surface area contributed by atoms with Crippen molar-refractivity contribution in [2.24, 2.45) is 13.0 Å². The fraction of sp³-hybridized carbons (Fsp3) is 0.737. The molecule has 7 heteroatoms. The minimum Gasteiger partial charge on any atom is -0.336 e. The van der Waals surface area contributed by atoms with Crippen LogP contribution in [0.1, 0.15) is 55.1 Å². The predicted octanol–water partition coefficient (Wildman–Crippen LogP) is 2.17. The van der Waals surface area contributed by atoms with Crippen molar-refractivity contribution < 1.29 is 0 Å². The fourth-order valence-corrected chi connectivity index (χ4v) is 4.61. The zero-order chi connectivity index (χ0) is 18.3. The molecule has 1 saturated heterocycles. The van der Waals surface area contributed by atoms with Gasteiger partial charge < -0.3 is 9.13 Å². The molecular formula is C19H31N7. The van der Waals surface area contributed by atoms with Crippen molar-refractivity contribution in [3.63, 3.8) is 0 Å². The van der Waals surface area contributed by atoms with E-state index >= 15 is 0 Å². The van der Waals surface area contributed by atoms with E-state index in [2.05, 4.69) is 62.2 Å². The molecule has 2 aromatic rings. The zero-order valence-electron chi connectivity index (χ0n) is 16.5. The van der Waals surface area contributed by atoms with Crippen LogP contribution < -0.4 is 0 Å². The van der Waals surface area contributed by atoms with Gasteiger partial charge in [-0.15, -0.1) is 10.2 Å². The van der Waals surface area contributed by atoms with E-state index in [1.54, 1.807) is 0 Å². The maximum atomic E-state index is 4.45. The maximum absolute atomic E-state index is 4.45. The summed E-state index contributed by atoms with van der Waals surface area (Å²) >= 11 is 0. The van der Waals surface area contributed by atoms with Gasteiger partial charge in [0.1, 0.15) is 11.6 Å². The van der Waals surface area contributed by atoms with E-state index in [1.165, 1.54) is 31.4 Å². The molecule has 26 heavy (non-hydrogen) atoms. The summed E-state index contributed by atoms with van der Waals surface area (Å²) in [7, 11) is 6.57. The number of nitrogens with zero attached hydrogens (tertiary/aromatic N) is 7. The number of aromatic nitrogens is 5. The lowest BCUT2D eigenvalue weighted by molar-refractivity contribution is 0.0870. The summed E-state index contributed by atoms with van der Waals surface area (Å²) in [6.07, 6.45) is 9.02. The molecule has 3 heterocycles. The van der Waals surface area contributed by atoms with Crippen LogP contribution >= 0.6 is 0 Å². The molecule has 142 valence electrons. The molecule has 0 unspecified atom stereocenters. The topological polar surface area (TPSA) is 55.0 Å². The average Bonchev–Trinajstić information content (AvgIpc) is 3.24. The van der Waals surface area contributed by atoms with Crippen LogP contribution in [-0.2, 0) is 13.6 Å². The molecule has 1 saturated carbocycles. The largest absolute Gasteiger partial charge is 0.336 e. The molecular weight excluding hydrogens is 326 g/mol. The summed E-state index contributed by atoms with van der Waals surface area (Å²) in [4.78, 5) is 9.28. The van der Waals surface area contributed by atoms with Gasteiger partial charge in [0.2, 0.25) is 0 Å². The van der Waals surface area contributed by atoms with Crippen LogP contribution in [0.5, 0.6) is 0 Å². The molecule has 2 aliphatic rings. The van der Waals surface area contributed by atoms with E-state index in [4.69, 9.17) is 0 Å². The number of piperidine rings is 1. The fourth-order valence-electron chi connectivity index (χ4n) is 4.61. The highest BCUT2D eigenvalue weighted by atomic mass is 15.3. The Morgan fingerprint density at radius 1 is 1.19 bits per heavy atom. The van der Waals surface area contributed by atoms with E-state index in [0.717, 1.165) is 31.3 Å². The van der Waals surface area contributed by atoms with Crippen LogP contribution in [0.2, 0.25) is 0 Å². The van der Waals surface area contributed by atoms with Crippen LogP contribution in [0.3, 0.4) is 0 Å². The van der Waals surface area contributed by atoms with Gasteiger partial charge in [0, 0.05) is 25.8 Å². The molecule has 7 nitrogen and oxygen atoms in total. The highest BCUT2D eigenvalue weighted by Crippen LogP contribution is 2.37. The molecule has 0 N–H and O–H groups in total. The highest BCUT2D eigenvalue weighted by molar-refractivity contribution is 5.09. The number of hydrogen-bond acceptors (Lipinski definition) is 5. The quantitative estimate of drug-likeness (QED) is 0.793. The number of rotatable bonds is 6. The summed E-state index contributed by atoms with van der Waals surface area (Å²) in [5, 5.41) is 8.78. The zero-order valence-corrected chi connectivity index (χ0v) is 16.5. The summed E-state index contributed by atoms with van der Waals surface area (Å²) in [5.41, 5.74) is 1.32. The molecule has 0 amide bonds. The van der Waals surface area contributed by atoms with Gasteiger partial charge in [-0.05, 0) is 59.2 Å². The summed E-state index contributed by atoms with van der Waals surface area (Å²) in [6, 6.07) is 1.07. The number of hydrogen-bond donors (Lipinski definition) is 0. The Kier molecular flexibility index (Phi) is 4.84. The third kappa shape index (κ3) is 3.42. The van der Waals surface area contributed by atoms with Crippen LogP contribution in [0.15, 0.2) is 12.5 Å². The van der Waals surface area contributed by atoms with Crippen LogP contribution in [-0.4, -0.2) is 61.3 Å². The normalized spacial score (nSPS) is 24.5. The minimum absolute atomic E-state index is 0.432. The van der Waals surface area contributed by atoms with Gasteiger partial charge in [0.15, 0.2) is 0 Å². The van der Waals surface area contributed by atoms with Gasteiger partial charge >= 0.3 is 0 Å². The van der Waals surface area contributed by atoms with Crippen molar-refractivity contribution in [1.29, 1.82) is 0 Å². The van der Waals surface area contributed by atoms with Gasteiger partial charge in [-0.3, -0.25) is 9.80 Å². The number of imidazole rings is 1. The van der Waals surface area contributed by atoms with Crippen LogP contribution in [0.25, 0.3) is 0 Å². The second-order valence-corrected chi connectivity index (χ2v) is 8.22. The van der Waals surface area contributed by atoms with Gasteiger partial charge in [-0.25, -0.2) is 4.98 Å². The summed E-state index contributed by atoms with van der Waals surface area (Å²) < 4.78 is 4.52. The first-order valence-electron chi connectivity index (χ1n) is 9.80. The van der Waals surface area contributed by atoms with Crippen molar-refractivity contribution in [3.8, 4) is 0 Å². The first-order valence-corrected chi connectivity index (χ1v) is 9.80. The summed E-state index contributed by atoms with van der Waals surface area (Å²) in [6.45, 7) is 5.17. The smallest absolute Gasteiger partial charge is 0.147 e. The second-order valence-electron chi connectivity index (χ2n) is 8.22. The van der Waals surface area contributed by atoms with Crippen LogP contribution in [0.4, 0.5) is 0 Å². The summed E-state index contributed by atoms with van der Waals surface area (Å²) in [5.74, 6) is 2.78. The third-order valence-electron chi connectivity index (χ3n) is 5.97. The van der Waals surface area contributed by atoms with Crippen LogP contribution in [0, 0.1) is 12.8 Å². The SMILES string of the molecule is Cc1nnc(CN(C)C[C@@H]2CCCN(C)[C@H]2c2cncn2C)n1C1CC1. The molecule has 2 aromatic heterocycles. The standard InChI is InChI=1S/C19H31N7/c1-14-21-22-18(26(14)16-7-8-16)12-23(2)11-15-6-5-9-24(3)19(15)17-10-20-13-25(17)4/h10,13,15-16,19H,5-9,11-12H2,1-4H3/t15-,19+/m0/s1. The lowest BCUT2D eigenvalue weighted by Gasteiger charge is -2.40. The van der Waals surface area contributed by atoms with Crippen molar-refractivity contribution in [2.45, 2.75) is 51.2 Å². The number of likely N-dealkylation sites (tertiary alicyclic amines) is 1. The Balaban J connectivity index is 1.47. The first kappa shape index (κ1) is 17.7. The minimum atomic E-state index is 0.432. The predicted molar refractivity (Wildman–Crippen MR) is 101 cm³/mol. The molecule has 1 aliphatic carbocycles. The Bertz CT molecular complexity index is 745. The first-order chi connectivity index (χ1) is 12.5. The Morgan fingerprint density at radius 2 is 2.00 bits per heavy atom. The monoisotopic (exact) mass is 357 g/mol. The average molecular weight is 358 g/mol.